The van der Waals surface area contributed by atoms with Crippen LogP contribution in [0, 0.1) is 13.8 Å². The van der Waals surface area contributed by atoms with E-state index in [4.69, 9.17) is 4.52 Å². The first-order valence-corrected chi connectivity index (χ1v) is 11.2. The Morgan fingerprint density at radius 1 is 1.24 bits per heavy atom. The van der Waals surface area contributed by atoms with Gasteiger partial charge in [0.05, 0.1) is 22.5 Å². The van der Waals surface area contributed by atoms with Gasteiger partial charge in [-0.25, -0.2) is 4.98 Å². The number of nitrogens with one attached hydrogen (secondary N) is 1. The van der Waals surface area contributed by atoms with Crippen LogP contribution >= 0.6 is 11.8 Å². The fourth-order valence-electron chi connectivity index (χ4n) is 3.29. The number of anilines is 1. The molecule has 3 rings (SSSR count). The van der Waals surface area contributed by atoms with Crippen molar-refractivity contribution in [3.63, 3.8) is 0 Å². The molecule has 2 heterocycles. The fraction of sp³-hybridized carbons (Fsp3) is 0.476. The summed E-state index contributed by atoms with van der Waals surface area (Å²) in [7, 11) is 0. The van der Waals surface area contributed by atoms with E-state index in [0.29, 0.717) is 17.5 Å². The van der Waals surface area contributed by atoms with E-state index in [0.717, 1.165) is 54.2 Å². The number of likely N-dealkylation sites (N-methyl/N-ethyl adjacent to an activating group) is 1. The lowest BCUT2D eigenvalue weighted by Crippen LogP contribution is -2.28. The predicted molar refractivity (Wildman–Crippen MR) is 118 cm³/mol. The van der Waals surface area contributed by atoms with E-state index in [1.807, 2.05) is 38.1 Å². The zero-order valence-electron chi connectivity index (χ0n) is 17.6. The van der Waals surface area contributed by atoms with Crippen LogP contribution in [0.1, 0.15) is 30.9 Å². The van der Waals surface area contributed by atoms with Crippen molar-refractivity contribution in [3.05, 3.63) is 41.3 Å². The zero-order chi connectivity index (χ0) is 20.8. The van der Waals surface area contributed by atoms with Crippen molar-refractivity contribution >= 4 is 34.7 Å². The first kappa shape index (κ1) is 21.4. The summed E-state index contributed by atoms with van der Waals surface area (Å²) in [6.07, 6.45) is 0. The number of fused-ring (bicyclic) bond motifs is 1. The van der Waals surface area contributed by atoms with Crippen LogP contribution in [0.2, 0.25) is 0 Å². The Hall–Kier alpha value is -2.32. The normalized spacial score (nSPS) is 11.5. The minimum absolute atomic E-state index is 0.0545. The predicted octanol–water partition coefficient (Wildman–Crippen LogP) is 3.85. The van der Waals surface area contributed by atoms with E-state index in [9.17, 15) is 4.79 Å². The van der Waals surface area contributed by atoms with Crippen LogP contribution in [0.5, 0.6) is 0 Å². The Bertz CT molecular complexity index is 942. The highest BCUT2D eigenvalue weighted by Crippen LogP contribution is 2.22. The minimum atomic E-state index is -0.0545. The Labute approximate surface area is 175 Å². The van der Waals surface area contributed by atoms with Crippen LogP contribution in [0.25, 0.3) is 11.0 Å². The number of carbonyl (C=O) groups excluding carboxylic acids is 1. The van der Waals surface area contributed by atoms with Gasteiger partial charge >= 0.3 is 0 Å². The summed E-state index contributed by atoms with van der Waals surface area (Å²) in [6.45, 7) is 11.8. The number of thioether (sulfide) groups is 1. The Kier molecular flexibility index (Phi) is 7.33. The Morgan fingerprint density at radius 3 is 2.69 bits per heavy atom. The SMILES string of the molecule is CCN(CC)CCn1c(NC(=O)CSCc2c(C)noc2C)nc2ccccc21. The van der Waals surface area contributed by atoms with E-state index < -0.39 is 0 Å². The lowest BCUT2D eigenvalue weighted by atomic mass is 10.2. The zero-order valence-corrected chi connectivity index (χ0v) is 18.4. The number of para-hydroxylation sites is 2. The van der Waals surface area contributed by atoms with Crippen molar-refractivity contribution in [2.75, 3.05) is 30.7 Å². The number of amides is 1. The molecule has 1 N–H and O–H groups in total. The number of aromatic nitrogens is 3. The number of rotatable bonds is 10. The molecule has 3 aromatic rings. The molecule has 0 radical (unpaired) electrons. The Balaban J connectivity index is 1.66. The minimum Gasteiger partial charge on any atom is -0.361 e. The van der Waals surface area contributed by atoms with Gasteiger partial charge in [-0.05, 0) is 39.1 Å². The largest absolute Gasteiger partial charge is 0.361 e. The molecule has 0 saturated carbocycles. The molecule has 0 atom stereocenters. The summed E-state index contributed by atoms with van der Waals surface area (Å²) in [5.41, 5.74) is 3.88. The molecule has 156 valence electrons. The van der Waals surface area contributed by atoms with Crippen molar-refractivity contribution in [3.8, 4) is 0 Å². The van der Waals surface area contributed by atoms with Gasteiger partial charge in [-0.1, -0.05) is 31.1 Å². The van der Waals surface area contributed by atoms with Gasteiger partial charge in [-0.15, -0.1) is 11.8 Å². The monoisotopic (exact) mass is 415 g/mol. The van der Waals surface area contributed by atoms with Gasteiger partial charge in [0.1, 0.15) is 5.76 Å². The van der Waals surface area contributed by atoms with E-state index in [1.165, 1.54) is 0 Å². The van der Waals surface area contributed by atoms with Crippen LogP contribution in [0.4, 0.5) is 5.95 Å². The molecule has 0 spiro atoms. The van der Waals surface area contributed by atoms with Gasteiger partial charge in [-0.2, -0.15) is 0 Å². The molecule has 0 saturated heterocycles. The summed E-state index contributed by atoms with van der Waals surface area (Å²) in [5.74, 6) is 2.42. The molecule has 2 aromatic heterocycles. The number of aryl methyl sites for hydroxylation is 2. The lowest BCUT2D eigenvalue weighted by molar-refractivity contribution is -0.113. The summed E-state index contributed by atoms with van der Waals surface area (Å²) >= 11 is 1.55. The summed E-state index contributed by atoms with van der Waals surface area (Å²) in [6, 6.07) is 8.00. The maximum atomic E-state index is 12.6. The second-order valence-corrected chi connectivity index (χ2v) is 7.93. The van der Waals surface area contributed by atoms with Gasteiger partial charge in [0.25, 0.3) is 0 Å². The van der Waals surface area contributed by atoms with Gasteiger partial charge in [0, 0.05) is 24.4 Å². The topological polar surface area (TPSA) is 76.2 Å². The molecule has 8 heteroatoms. The maximum absolute atomic E-state index is 12.6. The molecule has 0 aliphatic rings. The first-order valence-electron chi connectivity index (χ1n) is 10.00. The highest BCUT2D eigenvalue weighted by atomic mass is 32.2. The molecule has 0 aliphatic carbocycles. The van der Waals surface area contributed by atoms with Crippen LogP contribution in [0.15, 0.2) is 28.8 Å². The quantitative estimate of drug-likeness (QED) is 0.542. The van der Waals surface area contributed by atoms with Gasteiger partial charge in [0.2, 0.25) is 11.9 Å². The van der Waals surface area contributed by atoms with Crippen molar-refractivity contribution < 1.29 is 9.32 Å². The van der Waals surface area contributed by atoms with Crippen molar-refractivity contribution in [2.24, 2.45) is 0 Å². The van der Waals surface area contributed by atoms with Crippen molar-refractivity contribution in [1.82, 2.24) is 19.6 Å². The highest BCUT2D eigenvalue weighted by Gasteiger charge is 2.15. The second kappa shape index (κ2) is 9.93. The summed E-state index contributed by atoms with van der Waals surface area (Å²) in [5, 5.41) is 6.96. The molecule has 7 nitrogen and oxygen atoms in total. The molecule has 0 aliphatic heterocycles. The van der Waals surface area contributed by atoms with Gasteiger partial charge in [-0.3, -0.25) is 10.1 Å². The van der Waals surface area contributed by atoms with Crippen LogP contribution < -0.4 is 5.32 Å². The molecule has 0 unspecified atom stereocenters. The second-order valence-electron chi connectivity index (χ2n) is 6.95. The van der Waals surface area contributed by atoms with Crippen LogP contribution in [0.3, 0.4) is 0 Å². The van der Waals surface area contributed by atoms with E-state index in [1.54, 1.807) is 11.8 Å². The highest BCUT2D eigenvalue weighted by molar-refractivity contribution is 7.99. The molecular formula is C21H29N5O2S. The molecule has 0 fully saturated rings. The number of hydrogen-bond donors (Lipinski definition) is 1. The number of hydrogen-bond acceptors (Lipinski definition) is 6. The van der Waals surface area contributed by atoms with Crippen LogP contribution in [-0.4, -0.2) is 50.9 Å². The molecule has 1 aromatic carbocycles. The third kappa shape index (κ3) is 5.19. The number of imidazole rings is 1. The molecule has 29 heavy (non-hydrogen) atoms. The van der Waals surface area contributed by atoms with E-state index >= 15 is 0 Å². The summed E-state index contributed by atoms with van der Waals surface area (Å²) in [4.78, 5) is 19.6. The fourth-order valence-corrected chi connectivity index (χ4v) is 4.27. The smallest absolute Gasteiger partial charge is 0.236 e. The molecule has 1 amide bonds. The number of benzene rings is 1. The standard InChI is InChI=1S/C21H29N5O2S/c1-5-25(6-2)11-12-26-19-10-8-7-9-18(19)22-21(26)23-20(27)14-29-13-17-15(3)24-28-16(17)4/h7-10H,5-6,11-14H2,1-4H3,(H,22,23,27). The van der Waals surface area contributed by atoms with E-state index in [2.05, 4.69) is 38.8 Å². The third-order valence-electron chi connectivity index (χ3n) is 5.10. The average Bonchev–Trinajstić information content (AvgIpc) is 3.22. The van der Waals surface area contributed by atoms with Crippen LogP contribution in [-0.2, 0) is 17.1 Å². The van der Waals surface area contributed by atoms with Gasteiger partial charge < -0.3 is 14.0 Å². The maximum Gasteiger partial charge on any atom is 0.236 e. The Morgan fingerprint density at radius 2 is 2.00 bits per heavy atom. The van der Waals surface area contributed by atoms with Crippen molar-refractivity contribution in [1.29, 1.82) is 0 Å². The molecule has 0 bridgehead atoms. The summed E-state index contributed by atoms with van der Waals surface area (Å²) < 4.78 is 7.28. The average molecular weight is 416 g/mol. The van der Waals surface area contributed by atoms with Crippen molar-refractivity contribution in [2.45, 2.75) is 40.0 Å². The number of nitrogens with zero attached hydrogens (tertiary/aromatic N) is 4. The van der Waals surface area contributed by atoms with E-state index in [-0.39, 0.29) is 5.91 Å². The molecular weight excluding hydrogens is 386 g/mol. The lowest BCUT2D eigenvalue weighted by Gasteiger charge is -2.19. The number of carbonyl (C=O) groups is 1. The first-order chi connectivity index (χ1) is 14.0. The van der Waals surface area contributed by atoms with Gasteiger partial charge in [0.15, 0.2) is 0 Å². The third-order valence-corrected chi connectivity index (χ3v) is 6.06.